The Kier molecular flexibility index (Phi) is 5.74. The summed E-state index contributed by atoms with van der Waals surface area (Å²) >= 11 is 1.39. The molecule has 6 heteroatoms. The van der Waals surface area contributed by atoms with Gasteiger partial charge in [-0.05, 0) is 19.3 Å². The fraction of sp³-hybridized carbons (Fsp3) is 0.875. The molecule has 82 valence electrons. The summed E-state index contributed by atoms with van der Waals surface area (Å²) in [5, 5.41) is 3.73. The summed E-state index contributed by atoms with van der Waals surface area (Å²) in [4.78, 5) is 0. The van der Waals surface area contributed by atoms with E-state index in [2.05, 4.69) is 5.10 Å². The molecule has 0 aromatic carbocycles. The van der Waals surface area contributed by atoms with Crippen LogP contribution in [0.1, 0.15) is 19.3 Å². The zero-order chi connectivity index (χ0) is 10.2. The smallest absolute Gasteiger partial charge is 0.177 e. The van der Waals surface area contributed by atoms with Gasteiger partial charge < -0.3 is 21.1 Å². The van der Waals surface area contributed by atoms with Crippen molar-refractivity contribution in [1.29, 1.82) is 0 Å². The van der Waals surface area contributed by atoms with Gasteiger partial charge in [0.25, 0.3) is 0 Å². The molecule has 1 rings (SSSR count). The number of ether oxygens (including phenoxy) is 2. The van der Waals surface area contributed by atoms with Gasteiger partial charge in [0.05, 0.1) is 6.61 Å². The van der Waals surface area contributed by atoms with Crippen molar-refractivity contribution in [3.05, 3.63) is 0 Å². The van der Waals surface area contributed by atoms with Gasteiger partial charge in [-0.3, -0.25) is 0 Å². The molecule has 1 unspecified atom stereocenters. The minimum absolute atomic E-state index is 0.0274. The Morgan fingerprint density at radius 1 is 1.57 bits per heavy atom. The van der Waals surface area contributed by atoms with E-state index < -0.39 is 0 Å². The monoisotopic (exact) mass is 219 g/mol. The molecule has 5 nitrogen and oxygen atoms in total. The third kappa shape index (κ3) is 4.69. The van der Waals surface area contributed by atoms with Gasteiger partial charge in [-0.2, -0.15) is 5.10 Å². The molecule has 0 aromatic rings. The second-order valence-electron chi connectivity index (χ2n) is 2.98. The van der Waals surface area contributed by atoms with Crippen LogP contribution in [0.25, 0.3) is 0 Å². The Labute approximate surface area is 88.2 Å². The normalized spacial score (nSPS) is 23.7. The summed E-state index contributed by atoms with van der Waals surface area (Å²) in [6, 6.07) is 0. The molecule has 0 spiro atoms. The van der Waals surface area contributed by atoms with Crippen LogP contribution >= 0.6 is 11.8 Å². The lowest BCUT2D eigenvalue weighted by atomic mass is 10.2. The molecule has 0 aromatic heterocycles. The van der Waals surface area contributed by atoms with E-state index in [-0.39, 0.29) is 6.29 Å². The van der Waals surface area contributed by atoms with E-state index in [0.717, 1.165) is 25.2 Å². The molecule has 0 radical (unpaired) electrons. The molecular formula is C8H17N3O2S. The van der Waals surface area contributed by atoms with Crippen LogP contribution in [-0.4, -0.2) is 30.4 Å². The van der Waals surface area contributed by atoms with Gasteiger partial charge in [-0.25, -0.2) is 0 Å². The summed E-state index contributed by atoms with van der Waals surface area (Å²) in [7, 11) is 0. The lowest BCUT2D eigenvalue weighted by molar-refractivity contribution is -0.158. The Bertz CT molecular complexity index is 183. The first-order valence-corrected chi connectivity index (χ1v) is 5.71. The number of thioether (sulfide) groups is 1. The van der Waals surface area contributed by atoms with E-state index in [1.165, 1.54) is 18.2 Å². The molecule has 1 aliphatic rings. The maximum absolute atomic E-state index is 5.48. The SMILES string of the molecule is NN=C(N)SCCOC1CCCCO1. The number of hydrazone groups is 1. The van der Waals surface area contributed by atoms with Crippen LogP contribution in [0.5, 0.6) is 0 Å². The summed E-state index contributed by atoms with van der Waals surface area (Å²) in [6.07, 6.45) is 3.29. The first-order chi connectivity index (χ1) is 6.83. The highest BCUT2D eigenvalue weighted by atomic mass is 32.2. The van der Waals surface area contributed by atoms with Gasteiger partial charge in [0.2, 0.25) is 0 Å². The molecule has 0 bridgehead atoms. The molecule has 0 saturated carbocycles. The number of nitrogens with two attached hydrogens (primary N) is 2. The second-order valence-corrected chi connectivity index (χ2v) is 4.10. The summed E-state index contributed by atoms with van der Waals surface area (Å²) < 4.78 is 10.9. The zero-order valence-corrected chi connectivity index (χ0v) is 8.96. The van der Waals surface area contributed by atoms with Crippen LogP contribution in [0.3, 0.4) is 0 Å². The molecule has 0 amide bonds. The number of rotatable bonds is 4. The summed E-state index contributed by atoms with van der Waals surface area (Å²) in [5.41, 5.74) is 5.39. The standard InChI is InChI=1S/C8H17N3O2S/c9-8(11-10)14-6-5-13-7-3-1-2-4-12-7/h7H,1-6,10H2,(H2,9,11). The third-order valence-corrected chi connectivity index (χ3v) is 2.67. The molecule has 14 heavy (non-hydrogen) atoms. The Morgan fingerprint density at radius 2 is 2.43 bits per heavy atom. The molecule has 0 aliphatic carbocycles. The van der Waals surface area contributed by atoms with Crippen molar-refractivity contribution < 1.29 is 9.47 Å². The quantitative estimate of drug-likeness (QED) is 0.236. The van der Waals surface area contributed by atoms with E-state index in [9.17, 15) is 0 Å². The third-order valence-electron chi connectivity index (χ3n) is 1.90. The minimum atomic E-state index is -0.0274. The van der Waals surface area contributed by atoms with Crippen LogP contribution in [-0.2, 0) is 9.47 Å². The topological polar surface area (TPSA) is 82.9 Å². The molecule has 1 saturated heterocycles. The molecule has 1 atom stereocenters. The molecule has 1 heterocycles. The highest BCUT2D eigenvalue weighted by molar-refractivity contribution is 8.13. The van der Waals surface area contributed by atoms with Crippen molar-refractivity contribution in [2.75, 3.05) is 19.0 Å². The van der Waals surface area contributed by atoms with Crippen LogP contribution in [0.2, 0.25) is 0 Å². The molecule has 1 aliphatic heterocycles. The molecule has 4 N–H and O–H groups in total. The van der Waals surface area contributed by atoms with Crippen molar-refractivity contribution in [3.63, 3.8) is 0 Å². The largest absolute Gasteiger partial charge is 0.377 e. The first kappa shape index (κ1) is 11.6. The van der Waals surface area contributed by atoms with E-state index >= 15 is 0 Å². The summed E-state index contributed by atoms with van der Waals surface area (Å²) in [5.74, 6) is 5.73. The zero-order valence-electron chi connectivity index (χ0n) is 8.15. The average molecular weight is 219 g/mol. The van der Waals surface area contributed by atoms with E-state index in [4.69, 9.17) is 21.1 Å². The summed E-state index contributed by atoms with van der Waals surface area (Å²) in [6.45, 7) is 1.43. The fourth-order valence-electron chi connectivity index (χ4n) is 1.21. The average Bonchev–Trinajstić information content (AvgIpc) is 2.25. The lowest BCUT2D eigenvalue weighted by Gasteiger charge is -2.22. The van der Waals surface area contributed by atoms with Gasteiger partial charge in [-0.1, -0.05) is 11.8 Å². The highest BCUT2D eigenvalue weighted by Crippen LogP contribution is 2.13. The highest BCUT2D eigenvalue weighted by Gasteiger charge is 2.13. The van der Waals surface area contributed by atoms with Crippen LogP contribution in [0.4, 0.5) is 0 Å². The Balaban J connectivity index is 1.97. The van der Waals surface area contributed by atoms with Crippen LogP contribution in [0, 0.1) is 0 Å². The van der Waals surface area contributed by atoms with Gasteiger partial charge in [-0.15, -0.1) is 0 Å². The van der Waals surface area contributed by atoms with E-state index in [1.807, 2.05) is 0 Å². The van der Waals surface area contributed by atoms with Gasteiger partial charge >= 0.3 is 0 Å². The van der Waals surface area contributed by atoms with Gasteiger partial charge in [0.1, 0.15) is 0 Å². The predicted molar refractivity (Wildman–Crippen MR) is 57.8 cm³/mol. The molecular weight excluding hydrogens is 202 g/mol. The van der Waals surface area contributed by atoms with Crippen molar-refractivity contribution in [2.24, 2.45) is 16.7 Å². The predicted octanol–water partition coefficient (Wildman–Crippen LogP) is 0.451. The lowest BCUT2D eigenvalue weighted by Crippen LogP contribution is -2.23. The first-order valence-electron chi connectivity index (χ1n) is 4.72. The second kappa shape index (κ2) is 6.92. The number of nitrogens with zero attached hydrogens (tertiary/aromatic N) is 1. The van der Waals surface area contributed by atoms with Gasteiger partial charge in [0, 0.05) is 12.4 Å². The van der Waals surface area contributed by atoms with Crippen LogP contribution < -0.4 is 11.6 Å². The van der Waals surface area contributed by atoms with Crippen molar-refractivity contribution >= 4 is 16.9 Å². The Morgan fingerprint density at radius 3 is 3.07 bits per heavy atom. The van der Waals surface area contributed by atoms with Crippen molar-refractivity contribution in [2.45, 2.75) is 25.6 Å². The maximum Gasteiger partial charge on any atom is 0.177 e. The number of amidine groups is 1. The maximum atomic E-state index is 5.48. The van der Waals surface area contributed by atoms with E-state index in [0.29, 0.717) is 11.8 Å². The molecule has 1 fully saturated rings. The number of hydrogen-bond donors (Lipinski definition) is 2. The van der Waals surface area contributed by atoms with E-state index in [1.54, 1.807) is 0 Å². The van der Waals surface area contributed by atoms with Crippen molar-refractivity contribution in [1.82, 2.24) is 0 Å². The minimum Gasteiger partial charge on any atom is -0.377 e. The van der Waals surface area contributed by atoms with Gasteiger partial charge in [0.15, 0.2) is 11.5 Å². The van der Waals surface area contributed by atoms with Crippen LogP contribution in [0.15, 0.2) is 5.10 Å². The van der Waals surface area contributed by atoms with Crippen molar-refractivity contribution in [3.8, 4) is 0 Å². The number of hydrogen-bond acceptors (Lipinski definition) is 5. The fourth-order valence-corrected chi connectivity index (χ4v) is 1.67. The Hall–Kier alpha value is -0.460.